The Kier molecular flexibility index (Phi) is 5.40. The van der Waals surface area contributed by atoms with Crippen LogP contribution in [0.4, 0.5) is 0 Å². The van der Waals surface area contributed by atoms with Gasteiger partial charge in [0.15, 0.2) is 11.5 Å². The number of pyridine rings is 4. The van der Waals surface area contributed by atoms with E-state index in [4.69, 9.17) is 14.7 Å². The summed E-state index contributed by atoms with van der Waals surface area (Å²) in [5.41, 5.74) is 11.6. The molecule has 0 N–H and O–H groups in total. The van der Waals surface area contributed by atoms with E-state index in [1.807, 2.05) is 36.9 Å². The number of aromatic nitrogens is 5. The third kappa shape index (κ3) is 3.49. The van der Waals surface area contributed by atoms with Crippen LogP contribution in [0.3, 0.4) is 0 Å². The Bertz CT molecular complexity index is 2470. The molecule has 10 rings (SSSR count). The molecule has 1 aliphatic carbocycles. The van der Waals surface area contributed by atoms with Crippen molar-refractivity contribution >= 4 is 10.9 Å². The molecule has 1 aliphatic heterocycles. The van der Waals surface area contributed by atoms with Crippen LogP contribution in [0.25, 0.3) is 50.4 Å². The second kappa shape index (κ2) is 9.80. The summed E-state index contributed by atoms with van der Waals surface area (Å²) in [4.78, 5) is 19.1. The molecule has 6 heterocycles. The fourth-order valence-electron chi connectivity index (χ4n) is 7.69. The lowest BCUT2D eigenvalue weighted by Crippen LogP contribution is -2.28. The van der Waals surface area contributed by atoms with Crippen molar-refractivity contribution in [3.8, 4) is 51.0 Å². The van der Waals surface area contributed by atoms with Crippen LogP contribution in [0, 0.1) is 0 Å². The van der Waals surface area contributed by atoms with Crippen LogP contribution in [0.1, 0.15) is 22.3 Å². The van der Waals surface area contributed by atoms with Crippen molar-refractivity contribution in [1.82, 2.24) is 24.5 Å². The van der Waals surface area contributed by atoms with Gasteiger partial charge in [-0.15, -0.1) is 0 Å². The zero-order valence-corrected chi connectivity index (χ0v) is 25.1. The number of benzene rings is 3. The lowest BCUT2D eigenvalue weighted by Gasteiger charge is -2.33. The van der Waals surface area contributed by atoms with Crippen molar-refractivity contribution in [2.75, 3.05) is 0 Å². The van der Waals surface area contributed by atoms with E-state index >= 15 is 0 Å². The molecule has 0 bridgehead atoms. The molecule has 0 atom stereocenters. The van der Waals surface area contributed by atoms with E-state index in [0.29, 0.717) is 5.75 Å². The molecule has 6 heteroatoms. The molecule has 5 aromatic heterocycles. The smallest absolute Gasteiger partial charge is 0.161 e. The zero-order valence-electron chi connectivity index (χ0n) is 25.1. The highest BCUT2D eigenvalue weighted by Gasteiger charge is 2.48. The van der Waals surface area contributed by atoms with E-state index in [1.165, 1.54) is 0 Å². The van der Waals surface area contributed by atoms with E-state index < -0.39 is 5.41 Å². The fourth-order valence-corrected chi connectivity index (χ4v) is 7.69. The summed E-state index contributed by atoms with van der Waals surface area (Å²) < 4.78 is 9.07. The maximum atomic E-state index is 6.78. The molecule has 6 nitrogen and oxygen atoms in total. The minimum atomic E-state index is -0.620. The van der Waals surface area contributed by atoms with Gasteiger partial charge in [0.05, 0.1) is 46.1 Å². The Hall–Kier alpha value is -6.40. The van der Waals surface area contributed by atoms with E-state index in [1.54, 1.807) is 12.4 Å². The first-order valence-corrected chi connectivity index (χ1v) is 15.6. The summed E-state index contributed by atoms with van der Waals surface area (Å²) in [6.45, 7) is 0. The number of para-hydroxylation sites is 1. The van der Waals surface area contributed by atoms with Gasteiger partial charge >= 0.3 is 0 Å². The van der Waals surface area contributed by atoms with Crippen LogP contribution in [-0.2, 0) is 5.41 Å². The van der Waals surface area contributed by atoms with E-state index in [2.05, 4.69) is 118 Å². The average Bonchev–Trinajstić information content (AvgIpc) is 3.57. The number of hydrogen-bond donors (Lipinski definition) is 0. The van der Waals surface area contributed by atoms with Crippen molar-refractivity contribution in [2.24, 2.45) is 0 Å². The predicted octanol–water partition coefficient (Wildman–Crippen LogP) is 9.01. The molecular formula is C41H25N5O. The van der Waals surface area contributed by atoms with Crippen molar-refractivity contribution in [3.63, 3.8) is 0 Å². The molecule has 220 valence electrons. The summed E-state index contributed by atoms with van der Waals surface area (Å²) in [5, 5.41) is 1.00. The molecule has 0 saturated carbocycles. The van der Waals surface area contributed by atoms with Gasteiger partial charge < -0.3 is 9.30 Å². The van der Waals surface area contributed by atoms with Crippen molar-refractivity contribution in [3.05, 3.63) is 175 Å². The standard InChI is InChI=1S/C41H25N5O/c1-3-10-26(11-4-1)41(27-12-5-2-6-13-27)33-15-9-19-44-37(33)38-34(41)22-28(23-45-38)46-35-16-8-7-14-31(35)40-39(46)30-18-21-42-24-32(30)29-17-20-43-25-36(29)47-40/h1-25H. The second-order valence-corrected chi connectivity index (χ2v) is 11.9. The molecule has 0 saturated heterocycles. The first-order valence-electron chi connectivity index (χ1n) is 15.6. The lowest BCUT2D eigenvalue weighted by atomic mass is 9.68. The number of hydrogen-bond acceptors (Lipinski definition) is 5. The molecule has 0 amide bonds. The van der Waals surface area contributed by atoms with Crippen LogP contribution in [0.5, 0.6) is 11.5 Å². The van der Waals surface area contributed by atoms with E-state index in [9.17, 15) is 0 Å². The molecule has 8 aromatic rings. The van der Waals surface area contributed by atoms with Gasteiger partial charge in [-0.3, -0.25) is 19.9 Å². The van der Waals surface area contributed by atoms with Gasteiger partial charge in [-0.1, -0.05) is 78.9 Å². The summed E-state index contributed by atoms with van der Waals surface area (Å²) in [6.07, 6.45) is 11.2. The molecule has 0 fully saturated rings. The van der Waals surface area contributed by atoms with Crippen molar-refractivity contribution in [1.29, 1.82) is 0 Å². The molecule has 2 aliphatic rings. The Labute approximate surface area is 270 Å². The first kappa shape index (κ1) is 25.9. The van der Waals surface area contributed by atoms with E-state index in [0.717, 1.165) is 78.4 Å². The van der Waals surface area contributed by atoms with Crippen LogP contribution in [0.2, 0.25) is 0 Å². The van der Waals surface area contributed by atoms with Crippen molar-refractivity contribution in [2.45, 2.75) is 5.41 Å². The van der Waals surface area contributed by atoms with Gasteiger partial charge in [0.1, 0.15) is 0 Å². The molecular weight excluding hydrogens is 578 g/mol. The van der Waals surface area contributed by atoms with Gasteiger partial charge in [0.2, 0.25) is 0 Å². The monoisotopic (exact) mass is 603 g/mol. The number of nitrogens with zero attached hydrogens (tertiary/aromatic N) is 5. The molecule has 47 heavy (non-hydrogen) atoms. The van der Waals surface area contributed by atoms with Gasteiger partial charge in [0.25, 0.3) is 0 Å². The Balaban J connectivity index is 1.32. The van der Waals surface area contributed by atoms with Gasteiger partial charge in [0, 0.05) is 52.4 Å². The number of ether oxygens (including phenoxy) is 1. The normalized spacial score (nSPS) is 13.4. The minimum absolute atomic E-state index is 0.620. The summed E-state index contributed by atoms with van der Waals surface area (Å²) >= 11 is 0. The molecule has 0 radical (unpaired) electrons. The second-order valence-electron chi connectivity index (χ2n) is 11.9. The quantitative estimate of drug-likeness (QED) is 0.202. The largest absolute Gasteiger partial charge is 0.452 e. The summed E-state index contributed by atoms with van der Waals surface area (Å²) in [6, 6.07) is 40.4. The molecule has 0 spiro atoms. The topological polar surface area (TPSA) is 65.7 Å². The highest BCUT2D eigenvalue weighted by Crippen LogP contribution is 2.56. The van der Waals surface area contributed by atoms with Crippen LogP contribution in [0.15, 0.2) is 152 Å². The maximum absolute atomic E-state index is 6.78. The first-order chi connectivity index (χ1) is 23.3. The van der Waals surface area contributed by atoms with Crippen LogP contribution >= 0.6 is 0 Å². The van der Waals surface area contributed by atoms with Crippen molar-refractivity contribution < 1.29 is 4.74 Å². The summed E-state index contributed by atoms with van der Waals surface area (Å²) in [5.74, 6) is 1.48. The molecule has 0 unspecified atom stereocenters. The number of rotatable bonds is 3. The Morgan fingerprint density at radius 1 is 0.553 bits per heavy atom. The highest BCUT2D eigenvalue weighted by molar-refractivity contribution is 6.02. The SMILES string of the molecule is c1ccc(C2(c3ccccc3)c3cccnc3-c3ncc(-n4c5c(c6ccccc64)Oc4cnccc4-c4cnccc4-5)cc32)cc1. The van der Waals surface area contributed by atoms with Gasteiger partial charge in [-0.05, 0) is 53.1 Å². The Morgan fingerprint density at radius 3 is 2.06 bits per heavy atom. The fraction of sp³-hybridized carbons (Fsp3) is 0.0244. The minimum Gasteiger partial charge on any atom is -0.452 e. The third-order valence-corrected chi connectivity index (χ3v) is 9.58. The zero-order chi connectivity index (χ0) is 31.0. The maximum Gasteiger partial charge on any atom is 0.161 e. The highest BCUT2D eigenvalue weighted by atomic mass is 16.5. The van der Waals surface area contributed by atoms with Crippen LogP contribution < -0.4 is 4.74 Å². The Morgan fingerprint density at radius 2 is 1.26 bits per heavy atom. The molecule has 3 aromatic carbocycles. The van der Waals surface area contributed by atoms with Crippen LogP contribution in [-0.4, -0.2) is 24.5 Å². The van der Waals surface area contributed by atoms with E-state index in [-0.39, 0.29) is 0 Å². The third-order valence-electron chi connectivity index (χ3n) is 9.58. The number of fused-ring (bicyclic) bond motifs is 10. The summed E-state index contributed by atoms with van der Waals surface area (Å²) in [7, 11) is 0. The predicted molar refractivity (Wildman–Crippen MR) is 183 cm³/mol. The lowest BCUT2D eigenvalue weighted by molar-refractivity contribution is 0.490. The van der Waals surface area contributed by atoms with Gasteiger partial charge in [-0.25, -0.2) is 0 Å². The average molecular weight is 604 g/mol. The van der Waals surface area contributed by atoms with Gasteiger partial charge in [-0.2, -0.15) is 0 Å².